The smallest absolute Gasteiger partial charge is 0.369 e. The number of nitrogens with zero attached hydrogens (tertiary/aromatic N) is 6. The van der Waals surface area contributed by atoms with E-state index in [2.05, 4.69) is 15.3 Å². The Kier molecular flexibility index (Phi) is 4.12. The largest absolute Gasteiger partial charge is 0.416 e. The van der Waals surface area contributed by atoms with E-state index in [1.165, 1.54) is 18.5 Å². The van der Waals surface area contributed by atoms with Crippen molar-refractivity contribution in [2.75, 3.05) is 14.1 Å². The van der Waals surface area contributed by atoms with E-state index < -0.39 is 11.7 Å². The van der Waals surface area contributed by atoms with Crippen LogP contribution >= 0.6 is 0 Å². The van der Waals surface area contributed by atoms with Crippen LogP contribution in [0.2, 0.25) is 0 Å². The van der Waals surface area contributed by atoms with Crippen molar-refractivity contribution in [1.29, 1.82) is 5.26 Å². The van der Waals surface area contributed by atoms with Gasteiger partial charge in [0.25, 0.3) is 0 Å². The van der Waals surface area contributed by atoms with Crippen molar-refractivity contribution < 1.29 is 13.2 Å². The molecule has 0 spiro atoms. The second kappa shape index (κ2) is 5.85. The third-order valence-corrected chi connectivity index (χ3v) is 2.58. The second-order valence-corrected chi connectivity index (χ2v) is 4.54. The molecule has 0 atom stereocenters. The maximum absolute atomic E-state index is 12.8. The number of nitriles is 1. The molecule has 0 N–H and O–H groups in total. The Morgan fingerprint density at radius 2 is 2.09 bits per heavy atom. The highest BCUT2D eigenvalue weighted by Crippen LogP contribution is 2.31. The van der Waals surface area contributed by atoms with Gasteiger partial charge < -0.3 is 4.90 Å². The molecule has 2 rings (SSSR count). The number of aliphatic imine (C=N–C) groups is 1. The van der Waals surface area contributed by atoms with E-state index in [-0.39, 0.29) is 17.2 Å². The molecule has 22 heavy (non-hydrogen) atoms. The Labute approximate surface area is 124 Å². The summed E-state index contributed by atoms with van der Waals surface area (Å²) >= 11 is 0. The summed E-state index contributed by atoms with van der Waals surface area (Å²) in [6.07, 6.45) is -3.06. The fourth-order valence-corrected chi connectivity index (χ4v) is 1.62. The summed E-state index contributed by atoms with van der Waals surface area (Å²) in [4.78, 5) is 5.66. The molecule has 0 fully saturated rings. The van der Waals surface area contributed by atoms with Crippen LogP contribution in [0.25, 0.3) is 5.69 Å². The van der Waals surface area contributed by atoms with Crippen LogP contribution < -0.4 is 0 Å². The summed E-state index contributed by atoms with van der Waals surface area (Å²) in [6, 6.07) is 6.36. The number of benzene rings is 1. The van der Waals surface area contributed by atoms with Gasteiger partial charge in [0.2, 0.25) is 5.69 Å². The zero-order chi connectivity index (χ0) is 16.3. The molecule has 114 valence electrons. The minimum absolute atomic E-state index is 0.0653. The Bertz CT molecular complexity index is 739. The average Bonchev–Trinajstić information content (AvgIpc) is 2.87. The molecule has 0 aliphatic heterocycles. The predicted octanol–water partition coefficient (Wildman–Crippen LogP) is 2.38. The Balaban J connectivity index is 2.54. The molecule has 0 aliphatic carbocycles. The van der Waals surface area contributed by atoms with Crippen molar-refractivity contribution in [2.24, 2.45) is 4.99 Å². The van der Waals surface area contributed by atoms with Gasteiger partial charge in [0.05, 0.1) is 17.6 Å². The van der Waals surface area contributed by atoms with Gasteiger partial charge in [-0.15, -0.1) is 5.10 Å². The molecular formula is C13H11F3N6. The lowest BCUT2D eigenvalue weighted by Crippen LogP contribution is -2.08. The SMILES string of the molecule is CN(C)/C=N/c1c(C#N)nnn1-c1cccc(C(F)(F)F)c1. The highest BCUT2D eigenvalue weighted by atomic mass is 19.4. The number of hydrogen-bond donors (Lipinski definition) is 0. The molecule has 0 aliphatic rings. The molecule has 1 aromatic heterocycles. The van der Waals surface area contributed by atoms with Crippen LogP contribution in [0, 0.1) is 11.3 Å². The zero-order valence-corrected chi connectivity index (χ0v) is 11.7. The molecular weight excluding hydrogens is 297 g/mol. The van der Waals surface area contributed by atoms with E-state index in [1.54, 1.807) is 25.1 Å². The maximum atomic E-state index is 12.8. The quantitative estimate of drug-likeness (QED) is 0.645. The van der Waals surface area contributed by atoms with E-state index in [0.717, 1.165) is 16.8 Å². The van der Waals surface area contributed by atoms with Crippen LogP contribution in [0.3, 0.4) is 0 Å². The zero-order valence-electron chi connectivity index (χ0n) is 11.7. The molecule has 0 amide bonds. The van der Waals surface area contributed by atoms with Crippen LogP contribution in [0.1, 0.15) is 11.3 Å². The van der Waals surface area contributed by atoms with Crippen LogP contribution in [0.5, 0.6) is 0 Å². The van der Waals surface area contributed by atoms with Gasteiger partial charge in [0.1, 0.15) is 6.07 Å². The molecule has 0 radical (unpaired) electrons. The van der Waals surface area contributed by atoms with Crippen molar-refractivity contribution >= 4 is 12.2 Å². The van der Waals surface area contributed by atoms with Crippen molar-refractivity contribution in [3.05, 3.63) is 35.5 Å². The molecule has 0 saturated heterocycles. The minimum Gasteiger partial charge on any atom is -0.369 e. The van der Waals surface area contributed by atoms with Gasteiger partial charge in [-0.2, -0.15) is 23.1 Å². The highest BCUT2D eigenvalue weighted by molar-refractivity contribution is 5.62. The van der Waals surface area contributed by atoms with Gasteiger partial charge in [0.15, 0.2) is 5.82 Å². The Hall–Kier alpha value is -2.89. The standard InChI is InChI=1S/C13H11F3N6/c1-21(2)8-18-12-11(7-17)19-20-22(12)10-5-3-4-9(6-10)13(14,15)16/h3-6,8H,1-2H3/b18-8+. The normalized spacial score (nSPS) is 11.6. The molecule has 0 unspecified atom stereocenters. The molecule has 2 aromatic rings. The first kappa shape index (κ1) is 15.5. The van der Waals surface area contributed by atoms with E-state index in [1.807, 2.05) is 0 Å². The van der Waals surface area contributed by atoms with Gasteiger partial charge in [-0.3, -0.25) is 0 Å². The van der Waals surface area contributed by atoms with Gasteiger partial charge in [-0.1, -0.05) is 11.3 Å². The summed E-state index contributed by atoms with van der Waals surface area (Å²) < 4.78 is 39.4. The van der Waals surface area contributed by atoms with Crippen molar-refractivity contribution in [3.63, 3.8) is 0 Å². The first-order chi connectivity index (χ1) is 10.3. The monoisotopic (exact) mass is 308 g/mol. The topological polar surface area (TPSA) is 70.1 Å². The van der Waals surface area contributed by atoms with Gasteiger partial charge in [0, 0.05) is 14.1 Å². The number of halogens is 3. The molecule has 1 aromatic carbocycles. The second-order valence-electron chi connectivity index (χ2n) is 4.54. The van der Waals surface area contributed by atoms with Crippen LogP contribution in [0.15, 0.2) is 29.3 Å². The third kappa shape index (κ3) is 3.22. The molecule has 0 saturated carbocycles. The van der Waals surface area contributed by atoms with Crippen LogP contribution in [0.4, 0.5) is 19.0 Å². The van der Waals surface area contributed by atoms with Crippen LogP contribution in [-0.2, 0) is 6.18 Å². The summed E-state index contributed by atoms with van der Waals surface area (Å²) in [5.41, 5.74) is -0.771. The van der Waals surface area contributed by atoms with Gasteiger partial charge in [-0.05, 0) is 18.2 Å². The van der Waals surface area contributed by atoms with E-state index in [9.17, 15) is 13.2 Å². The average molecular weight is 308 g/mol. The van der Waals surface area contributed by atoms with E-state index in [0.29, 0.717) is 0 Å². The molecule has 6 nitrogen and oxygen atoms in total. The summed E-state index contributed by atoms with van der Waals surface area (Å²) in [5, 5.41) is 16.3. The van der Waals surface area contributed by atoms with Gasteiger partial charge in [-0.25, -0.2) is 4.99 Å². The Morgan fingerprint density at radius 3 is 2.68 bits per heavy atom. The van der Waals surface area contributed by atoms with Crippen molar-refractivity contribution in [1.82, 2.24) is 19.9 Å². The van der Waals surface area contributed by atoms with E-state index in [4.69, 9.17) is 5.26 Å². The summed E-state index contributed by atoms with van der Waals surface area (Å²) in [5.74, 6) is 0.0653. The third-order valence-electron chi connectivity index (χ3n) is 2.58. The number of aromatic nitrogens is 3. The van der Waals surface area contributed by atoms with Gasteiger partial charge >= 0.3 is 6.18 Å². The molecule has 9 heteroatoms. The lowest BCUT2D eigenvalue weighted by Gasteiger charge is -2.09. The predicted molar refractivity (Wildman–Crippen MR) is 72.9 cm³/mol. The highest BCUT2D eigenvalue weighted by Gasteiger charge is 2.30. The molecule has 0 bridgehead atoms. The number of rotatable bonds is 3. The fraction of sp³-hybridized carbons (Fsp3) is 0.231. The maximum Gasteiger partial charge on any atom is 0.416 e. The number of alkyl halides is 3. The first-order valence-electron chi connectivity index (χ1n) is 6.07. The van der Waals surface area contributed by atoms with Crippen LogP contribution in [-0.4, -0.2) is 40.3 Å². The minimum atomic E-state index is -4.47. The summed E-state index contributed by atoms with van der Waals surface area (Å²) in [7, 11) is 3.43. The first-order valence-corrected chi connectivity index (χ1v) is 6.07. The lowest BCUT2D eigenvalue weighted by atomic mass is 10.2. The number of hydrogen-bond acceptors (Lipinski definition) is 4. The summed E-state index contributed by atoms with van der Waals surface area (Å²) in [6.45, 7) is 0. The van der Waals surface area contributed by atoms with Crippen molar-refractivity contribution in [2.45, 2.75) is 6.18 Å². The Morgan fingerprint density at radius 1 is 1.36 bits per heavy atom. The van der Waals surface area contributed by atoms with E-state index >= 15 is 0 Å². The molecule has 1 heterocycles. The lowest BCUT2D eigenvalue weighted by molar-refractivity contribution is -0.137. The fourth-order valence-electron chi connectivity index (χ4n) is 1.62. The van der Waals surface area contributed by atoms with Crippen molar-refractivity contribution in [3.8, 4) is 11.8 Å².